The van der Waals surface area contributed by atoms with Crippen LogP contribution in [0.15, 0.2) is 52.7 Å². The number of hydrogen-bond acceptors (Lipinski definition) is 6. The fourth-order valence-electron chi connectivity index (χ4n) is 1.56. The van der Waals surface area contributed by atoms with Gasteiger partial charge in [-0.15, -0.1) is 5.11 Å². The maximum Gasteiger partial charge on any atom is 0.296 e. The number of phenolic OH excluding ortho intramolecular Hbond substituents is 2. The van der Waals surface area contributed by atoms with Gasteiger partial charge in [-0.1, -0.05) is 18.2 Å². The number of azo groups is 1. The molecule has 0 amide bonds. The van der Waals surface area contributed by atoms with Gasteiger partial charge in [0.15, 0.2) is 17.2 Å². The van der Waals surface area contributed by atoms with Gasteiger partial charge in [0.2, 0.25) is 0 Å². The second-order valence-corrected chi connectivity index (χ2v) is 3.97. The molecule has 0 fully saturated rings. The minimum Gasteiger partial charge on any atom is -0.504 e. The minimum absolute atomic E-state index is 0.121. The average Bonchev–Trinajstić information content (AvgIpc) is 2.43. The molecule has 102 valence electrons. The highest BCUT2D eigenvalue weighted by atomic mass is 16.6. The molecule has 20 heavy (non-hydrogen) atoms. The van der Waals surface area contributed by atoms with Gasteiger partial charge < -0.3 is 10.2 Å². The van der Waals surface area contributed by atoms with Crippen molar-refractivity contribution in [3.63, 3.8) is 0 Å². The Morgan fingerprint density at radius 1 is 1.10 bits per heavy atom. The van der Waals surface area contributed by atoms with Crippen molar-refractivity contribution in [2.75, 3.05) is 0 Å². The molecule has 0 unspecified atom stereocenters. The van der Waals surface area contributed by atoms with Crippen LogP contribution in [0.3, 0.4) is 0 Å². The van der Waals surface area contributed by atoms with Crippen molar-refractivity contribution in [1.82, 2.24) is 0 Å². The van der Waals surface area contributed by atoms with Gasteiger partial charge in [0.05, 0.1) is 11.5 Å². The van der Waals surface area contributed by atoms with Crippen LogP contribution < -0.4 is 0 Å². The van der Waals surface area contributed by atoms with Crippen LogP contribution in [0.1, 0.15) is 5.56 Å². The standard InChI is InChI=1S/C13H11N3O4/c17-12-6-5-9(7-13(12)18)8-14-15-10-3-1-2-4-11(10)16(19)20/h1-7,17-18H,8H2. The van der Waals surface area contributed by atoms with Crippen LogP contribution in [0.25, 0.3) is 0 Å². The summed E-state index contributed by atoms with van der Waals surface area (Å²) in [6, 6.07) is 10.3. The fraction of sp³-hybridized carbons (Fsp3) is 0.0769. The number of nitrogens with zero attached hydrogens (tertiary/aromatic N) is 3. The molecule has 7 nitrogen and oxygen atoms in total. The van der Waals surface area contributed by atoms with Gasteiger partial charge >= 0.3 is 0 Å². The lowest BCUT2D eigenvalue weighted by Gasteiger charge is -2.00. The van der Waals surface area contributed by atoms with Crippen molar-refractivity contribution in [1.29, 1.82) is 0 Å². The summed E-state index contributed by atoms with van der Waals surface area (Å²) in [5.74, 6) is -0.465. The molecular weight excluding hydrogens is 262 g/mol. The predicted octanol–water partition coefficient (Wildman–Crippen LogP) is 3.29. The van der Waals surface area contributed by atoms with Gasteiger partial charge in [0.1, 0.15) is 0 Å². The number of hydrogen-bond donors (Lipinski definition) is 2. The molecule has 0 saturated heterocycles. The summed E-state index contributed by atoms with van der Waals surface area (Å²) in [6.45, 7) is 0.139. The van der Waals surface area contributed by atoms with Gasteiger partial charge in [-0.25, -0.2) is 0 Å². The van der Waals surface area contributed by atoms with E-state index in [-0.39, 0.29) is 29.4 Å². The summed E-state index contributed by atoms with van der Waals surface area (Å²) >= 11 is 0. The lowest BCUT2D eigenvalue weighted by atomic mass is 10.2. The molecule has 0 saturated carbocycles. The third-order valence-electron chi connectivity index (χ3n) is 2.55. The highest BCUT2D eigenvalue weighted by molar-refractivity contribution is 5.56. The molecule has 0 atom stereocenters. The molecule has 0 aromatic heterocycles. The van der Waals surface area contributed by atoms with E-state index >= 15 is 0 Å². The quantitative estimate of drug-likeness (QED) is 0.385. The van der Waals surface area contributed by atoms with E-state index in [4.69, 9.17) is 5.11 Å². The Kier molecular flexibility index (Phi) is 3.90. The van der Waals surface area contributed by atoms with Crippen LogP contribution in [0.5, 0.6) is 11.5 Å². The van der Waals surface area contributed by atoms with Crippen LogP contribution in [0.4, 0.5) is 11.4 Å². The molecule has 2 N–H and O–H groups in total. The van der Waals surface area contributed by atoms with Crippen LogP contribution in [-0.2, 0) is 6.54 Å². The Morgan fingerprint density at radius 2 is 1.85 bits per heavy atom. The number of aromatic hydroxyl groups is 2. The summed E-state index contributed by atoms with van der Waals surface area (Å²) < 4.78 is 0. The summed E-state index contributed by atoms with van der Waals surface area (Å²) in [5.41, 5.74) is 0.674. The minimum atomic E-state index is -0.527. The smallest absolute Gasteiger partial charge is 0.296 e. The molecule has 2 rings (SSSR count). The molecule has 0 aliphatic rings. The number of para-hydroxylation sites is 1. The Hall–Kier alpha value is -2.96. The largest absolute Gasteiger partial charge is 0.504 e. The van der Waals surface area contributed by atoms with E-state index in [1.165, 1.54) is 24.3 Å². The van der Waals surface area contributed by atoms with E-state index in [1.807, 2.05) is 0 Å². The number of nitro groups is 1. The zero-order valence-corrected chi connectivity index (χ0v) is 10.3. The third-order valence-corrected chi connectivity index (χ3v) is 2.55. The van der Waals surface area contributed by atoms with E-state index in [0.717, 1.165) is 0 Å². The average molecular weight is 273 g/mol. The normalized spacial score (nSPS) is 10.8. The first-order chi connectivity index (χ1) is 9.58. The zero-order valence-electron chi connectivity index (χ0n) is 10.3. The van der Waals surface area contributed by atoms with Crippen molar-refractivity contribution >= 4 is 11.4 Å². The number of rotatable bonds is 4. The predicted molar refractivity (Wildman–Crippen MR) is 71.1 cm³/mol. The van der Waals surface area contributed by atoms with Gasteiger partial charge in [-0.3, -0.25) is 10.1 Å². The lowest BCUT2D eigenvalue weighted by Crippen LogP contribution is -1.87. The lowest BCUT2D eigenvalue weighted by molar-refractivity contribution is -0.384. The first-order valence-corrected chi connectivity index (χ1v) is 5.69. The van der Waals surface area contributed by atoms with E-state index in [1.54, 1.807) is 18.2 Å². The molecular formula is C13H11N3O4. The number of nitro benzene ring substituents is 1. The SMILES string of the molecule is O=[N+]([O-])c1ccccc1N=NCc1ccc(O)c(O)c1. The third kappa shape index (κ3) is 3.08. The number of benzene rings is 2. The maximum atomic E-state index is 10.8. The van der Waals surface area contributed by atoms with Gasteiger partial charge in [-0.2, -0.15) is 5.11 Å². The monoisotopic (exact) mass is 273 g/mol. The van der Waals surface area contributed by atoms with Crippen molar-refractivity contribution < 1.29 is 15.1 Å². The van der Waals surface area contributed by atoms with Crippen molar-refractivity contribution in [2.45, 2.75) is 6.54 Å². The molecule has 0 bridgehead atoms. The summed E-state index contributed by atoms with van der Waals surface area (Å²) in [4.78, 5) is 10.3. The van der Waals surface area contributed by atoms with Crippen molar-refractivity contribution in [3.8, 4) is 11.5 Å². The highest BCUT2D eigenvalue weighted by Gasteiger charge is 2.11. The van der Waals surface area contributed by atoms with Crippen molar-refractivity contribution in [2.24, 2.45) is 10.2 Å². The first kappa shape index (κ1) is 13.5. The van der Waals surface area contributed by atoms with Crippen molar-refractivity contribution in [3.05, 3.63) is 58.1 Å². The van der Waals surface area contributed by atoms with E-state index in [0.29, 0.717) is 5.56 Å². The molecule has 0 aliphatic heterocycles. The summed E-state index contributed by atoms with van der Waals surface area (Å²) in [5, 5.41) is 36.9. The van der Waals surface area contributed by atoms with Gasteiger partial charge in [0.25, 0.3) is 5.69 Å². The second kappa shape index (κ2) is 5.79. The second-order valence-electron chi connectivity index (χ2n) is 3.97. The maximum absolute atomic E-state index is 10.8. The van der Waals surface area contributed by atoms with E-state index < -0.39 is 4.92 Å². The van der Waals surface area contributed by atoms with Gasteiger partial charge in [-0.05, 0) is 23.8 Å². The molecule has 0 spiro atoms. The van der Waals surface area contributed by atoms with Crippen LogP contribution in [0.2, 0.25) is 0 Å². The molecule has 0 radical (unpaired) electrons. The number of phenols is 2. The molecule has 2 aromatic rings. The Labute approximate surface area is 114 Å². The first-order valence-electron chi connectivity index (χ1n) is 5.69. The molecule has 0 heterocycles. The summed E-state index contributed by atoms with van der Waals surface area (Å²) in [7, 11) is 0. The van der Waals surface area contributed by atoms with Crippen LogP contribution in [0, 0.1) is 10.1 Å². The van der Waals surface area contributed by atoms with E-state index in [9.17, 15) is 15.2 Å². The van der Waals surface area contributed by atoms with Crippen LogP contribution in [-0.4, -0.2) is 15.1 Å². The molecule has 0 aliphatic carbocycles. The Bertz CT molecular complexity index is 670. The topological polar surface area (TPSA) is 108 Å². The highest BCUT2D eigenvalue weighted by Crippen LogP contribution is 2.28. The van der Waals surface area contributed by atoms with Crippen LogP contribution >= 0.6 is 0 Å². The molecule has 2 aromatic carbocycles. The van der Waals surface area contributed by atoms with E-state index in [2.05, 4.69) is 10.2 Å². The Morgan fingerprint density at radius 3 is 2.55 bits per heavy atom. The summed E-state index contributed by atoms with van der Waals surface area (Å²) in [6.07, 6.45) is 0. The molecule has 7 heteroatoms. The van der Waals surface area contributed by atoms with Gasteiger partial charge in [0, 0.05) is 6.07 Å². The fourth-order valence-corrected chi connectivity index (χ4v) is 1.56. The zero-order chi connectivity index (χ0) is 14.5. The Balaban J connectivity index is 2.14.